The van der Waals surface area contributed by atoms with Crippen LogP contribution in [0.4, 0.5) is 5.69 Å². The van der Waals surface area contributed by atoms with Gasteiger partial charge in [0.2, 0.25) is 0 Å². The highest BCUT2D eigenvalue weighted by molar-refractivity contribution is 9.10. The molecule has 1 unspecified atom stereocenters. The molecule has 13 heavy (non-hydrogen) atoms. The molecular formula is C8H7BrN2OS. The Bertz CT molecular complexity index is 386. The fraction of sp³-hybridized carbons (Fsp3) is 0.125. The molecular weight excluding hydrogens is 252 g/mol. The van der Waals surface area contributed by atoms with E-state index in [2.05, 4.69) is 20.7 Å². The molecule has 0 heterocycles. The Kier molecular flexibility index (Phi) is 3.46. The second-order valence-electron chi connectivity index (χ2n) is 2.36. The second kappa shape index (κ2) is 4.40. The van der Waals surface area contributed by atoms with Crippen molar-refractivity contribution in [1.82, 2.24) is 0 Å². The number of nitrogens with one attached hydrogen (secondary N) is 1. The number of nitrogens with zero attached hydrogens (tertiary/aromatic N) is 1. The van der Waals surface area contributed by atoms with Gasteiger partial charge in [0.25, 0.3) is 0 Å². The fourth-order valence-corrected chi connectivity index (χ4v) is 1.70. The van der Waals surface area contributed by atoms with Crippen LogP contribution in [0, 0.1) is 11.3 Å². The van der Waals surface area contributed by atoms with Gasteiger partial charge >= 0.3 is 0 Å². The molecule has 0 bridgehead atoms. The predicted molar refractivity (Wildman–Crippen MR) is 56.5 cm³/mol. The van der Waals surface area contributed by atoms with Gasteiger partial charge in [-0.25, -0.2) is 4.21 Å². The number of hydrogen-bond donors (Lipinski definition) is 1. The van der Waals surface area contributed by atoms with Gasteiger partial charge in [-0.15, -0.1) is 0 Å². The fourth-order valence-electron chi connectivity index (χ4n) is 0.853. The molecule has 1 aromatic rings. The summed E-state index contributed by atoms with van der Waals surface area (Å²) in [7, 11) is -1.15. The molecule has 1 N–H and O–H groups in total. The normalized spacial score (nSPS) is 11.8. The summed E-state index contributed by atoms with van der Waals surface area (Å²) >= 11 is 3.25. The highest BCUT2D eigenvalue weighted by Gasteiger charge is 2.02. The van der Waals surface area contributed by atoms with Crippen molar-refractivity contribution in [3.05, 3.63) is 28.2 Å². The summed E-state index contributed by atoms with van der Waals surface area (Å²) in [4.78, 5) is 0. The van der Waals surface area contributed by atoms with Gasteiger partial charge in [0.1, 0.15) is 17.1 Å². The Hall–Kier alpha value is -0.860. The molecule has 0 fully saturated rings. The van der Waals surface area contributed by atoms with Crippen molar-refractivity contribution in [1.29, 1.82) is 5.26 Å². The van der Waals surface area contributed by atoms with Crippen LogP contribution in [-0.2, 0) is 11.0 Å². The van der Waals surface area contributed by atoms with Gasteiger partial charge in [-0.2, -0.15) is 5.26 Å². The molecule has 0 radical (unpaired) electrons. The first-order valence-corrected chi connectivity index (χ1v) is 5.78. The van der Waals surface area contributed by atoms with Crippen LogP contribution in [0.2, 0.25) is 0 Å². The lowest BCUT2D eigenvalue weighted by Gasteiger charge is -2.04. The molecule has 0 amide bonds. The number of benzene rings is 1. The Balaban J connectivity index is 3.08. The minimum Gasteiger partial charge on any atom is -0.304 e. The van der Waals surface area contributed by atoms with Crippen molar-refractivity contribution >= 4 is 32.6 Å². The van der Waals surface area contributed by atoms with Gasteiger partial charge in [-0.05, 0) is 18.2 Å². The van der Waals surface area contributed by atoms with Crippen LogP contribution in [0.25, 0.3) is 0 Å². The summed E-state index contributed by atoms with van der Waals surface area (Å²) in [6.07, 6.45) is 1.52. The van der Waals surface area contributed by atoms with E-state index in [9.17, 15) is 4.21 Å². The molecule has 5 heteroatoms. The third kappa shape index (κ3) is 2.83. The maximum absolute atomic E-state index is 10.8. The van der Waals surface area contributed by atoms with Crippen molar-refractivity contribution in [3.63, 3.8) is 0 Å². The first kappa shape index (κ1) is 10.2. The molecule has 0 aliphatic carbocycles. The number of nitriles is 1. The van der Waals surface area contributed by atoms with Crippen LogP contribution in [0.5, 0.6) is 0 Å². The number of halogens is 1. The van der Waals surface area contributed by atoms with E-state index in [0.717, 1.165) is 4.47 Å². The molecule has 0 aliphatic heterocycles. The number of anilines is 1. The SMILES string of the molecule is CS(=O)Nc1ccc(Br)cc1C#N. The summed E-state index contributed by atoms with van der Waals surface area (Å²) in [6, 6.07) is 7.19. The largest absolute Gasteiger partial charge is 0.304 e. The van der Waals surface area contributed by atoms with E-state index in [1.165, 1.54) is 6.26 Å². The van der Waals surface area contributed by atoms with Crippen LogP contribution in [0.15, 0.2) is 22.7 Å². The van der Waals surface area contributed by atoms with E-state index < -0.39 is 11.0 Å². The molecule has 0 saturated carbocycles. The third-order valence-corrected chi connectivity index (χ3v) is 2.36. The summed E-state index contributed by atoms with van der Waals surface area (Å²) in [5.41, 5.74) is 1.07. The first-order valence-electron chi connectivity index (χ1n) is 3.43. The summed E-state index contributed by atoms with van der Waals surface area (Å²) < 4.78 is 14.4. The number of rotatable bonds is 2. The lowest BCUT2D eigenvalue weighted by atomic mass is 10.2. The van der Waals surface area contributed by atoms with Gasteiger partial charge in [0.15, 0.2) is 0 Å². The zero-order valence-electron chi connectivity index (χ0n) is 6.87. The first-order chi connectivity index (χ1) is 6.13. The Morgan fingerprint density at radius 1 is 1.62 bits per heavy atom. The van der Waals surface area contributed by atoms with Gasteiger partial charge < -0.3 is 4.72 Å². The highest BCUT2D eigenvalue weighted by atomic mass is 79.9. The molecule has 1 aromatic carbocycles. The Morgan fingerprint density at radius 2 is 2.31 bits per heavy atom. The van der Waals surface area contributed by atoms with E-state index in [1.807, 2.05) is 6.07 Å². The van der Waals surface area contributed by atoms with Crippen molar-refractivity contribution in [2.24, 2.45) is 0 Å². The predicted octanol–water partition coefficient (Wildman–Crippen LogP) is 2.03. The van der Waals surface area contributed by atoms with E-state index in [4.69, 9.17) is 5.26 Å². The molecule has 1 atom stereocenters. The maximum atomic E-state index is 10.8. The van der Waals surface area contributed by atoms with E-state index in [-0.39, 0.29) is 0 Å². The van der Waals surface area contributed by atoms with Crippen molar-refractivity contribution in [3.8, 4) is 6.07 Å². The smallest absolute Gasteiger partial charge is 0.113 e. The molecule has 0 aromatic heterocycles. The standard InChI is InChI=1S/C8H7BrN2OS/c1-13(12)11-8-3-2-7(9)4-6(8)5-10/h2-4,11H,1H3. The Morgan fingerprint density at radius 3 is 2.85 bits per heavy atom. The molecule has 0 aliphatic rings. The lowest BCUT2D eigenvalue weighted by Crippen LogP contribution is -2.02. The van der Waals surface area contributed by atoms with Gasteiger partial charge in [-0.3, -0.25) is 0 Å². The highest BCUT2D eigenvalue weighted by Crippen LogP contribution is 2.20. The monoisotopic (exact) mass is 258 g/mol. The van der Waals surface area contributed by atoms with Crippen LogP contribution < -0.4 is 4.72 Å². The molecule has 0 spiro atoms. The average Bonchev–Trinajstić information content (AvgIpc) is 2.07. The van der Waals surface area contributed by atoms with Gasteiger partial charge in [0, 0.05) is 10.7 Å². The van der Waals surface area contributed by atoms with Crippen molar-refractivity contribution in [2.45, 2.75) is 0 Å². The quantitative estimate of drug-likeness (QED) is 0.883. The second-order valence-corrected chi connectivity index (χ2v) is 4.39. The maximum Gasteiger partial charge on any atom is 0.113 e. The average molecular weight is 259 g/mol. The molecule has 0 saturated heterocycles. The van der Waals surface area contributed by atoms with Crippen molar-refractivity contribution in [2.75, 3.05) is 11.0 Å². The topological polar surface area (TPSA) is 52.9 Å². The van der Waals surface area contributed by atoms with Gasteiger partial charge in [0.05, 0.1) is 11.3 Å². The molecule has 68 valence electrons. The number of hydrogen-bond acceptors (Lipinski definition) is 2. The van der Waals surface area contributed by atoms with E-state index in [0.29, 0.717) is 11.3 Å². The lowest BCUT2D eigenvalue weighted by molar-refractivity contribution is 0.690. The Labute approximate surface area is 87.5 Å². The zero-order valence-corrected chi connectivity index (χ0v) is 9.28. The zero-order chi connectivity index (χ0) is 9.84. The van der Waals surface area contributed by atoms with E-state index >= 15 is 0 Å². The third-order valence-electron chi connectivity index (χ3n) is 1.36. The summed E-state index contributed by atoms with van der Waals surface area (Å²) in [5, 5.41) is 8.75. The van der Waals surface area contributed by atoms with E-state index in [1.54, 1.807) is 18.2 Å². The molecule has 3 nitrogen and oxygen atoms in total. The minimum atomic E-state index is -1.15. The summed E-state index contributed by atoms with van der Waals surface area (Å²) in [6.45, 7) is 0. The minimum absolute atomic E-state index is 0.476. The van der Waals surface area contributed by atoms with Crippen LogP contribution in [-0.4, -0.2) is 10.5 Å². The van der Waals surface area contributed by atoms with Crippen LogP contribution in [0.3, 0.4) is 0 Å². The van der Waals surface area contributed by atoms with Gasteiger partial charge in [-0.1, -0.05) is 15.9 Å². The summed E-state index contributed by atoms with van der Waals surface area (Å²) in [5.74, 6) is 0. The van der Waals surface area contributed by atoms with Crippen LogP contribution in [0.1, 0.15) is 5.56 Å². The van der Waals surface area contributed by atoms with Crippen LogP contribution >= 0.6 is 15.9 Å². The molecule has 1 rings (SSSR count). The van der Waals surface area contributed by atoms with Crippen molar-refractivity contribution < 1.29 is 4.21 Å².